The fourth-order valence-corrected chi connectivity index (χ4v) is 1.96. The Morgan fingerprint density at radius 1 is 1.48 bits per heavy atom. The molecule has 0 aliphatic rings. The number of aromatic nitrogens is 4. The average Bonchev–Trinajstić information content (AvgIpc) is 2.95. The number of tetrazole rings is 1. The van der Waals surface area contributed by atoms with Gasteiger partial charge in [-0.3, -0.25) is 4.79 Å². The van der Waals surface area contributed by atoms with Crippen molar-refractivity contribution in [2.75, 3.05) is 5.32 Å². The molecule has 7 heteroatoms. The predicted octanol–water partition coefficient (Wildman–Crippen LogP) is 1.43. The Bertz CT molecular complexity index is 594. The van der Waals surface area contributed by atoms with Crippen molar-refractivity contribution in [3.63, 3.8) is 0 Å². The molecule has 1 unspecified atom stereocenters. The smallest absolute Gasteiger partial charge is 0.224 e. The highest BCUT2D eigenvalue weighted by Gasteiger charge is 2.08. The van der Waals surface area contributed by atoms with Gasteiger partial charge in [-0.25, -0.2) is 4.68 Å². The van der Waals surface area contributed by atoms with E-state index in [1.54, 1.807) is 4.68 Å². The number of aryl methyl sites for hydroxylation is 1. The van der Waals surface area contributed by atoms with E-state index in [4.69, 9.17) is 5.73 Å². The van der Waals surface area contributed by atoms with Gasteiger partial charge in [0.05, 0.1) is 5.69 Å². The summed E-state index contributed by atoms with van der Waals surface area (Å²) in [7, 11) is 0. The quantitative estimate of drug-likeness (QED) is 0.837. The van der Waals surface area contributed by atoms with Crippen molar-refractivity contribution in [1.82, 2.24) is 20.2 Å². The van der Waals surface area contributed by atoms with Crippen LogP contribution in [0.25, 0.3) is 5.69 Å². The van der Waals surface area contributed by atoms with Crippen molar-refractivity contribution >= 4 is 11.6 Å². The topological polar surface area (TPSA) is 98.7 Å². The summed E-state index contributed by atoms with van der Waals surface area (Å²) in [4.78, 5) is 11.9. The standard InChI is InChI=1S/C14H20N6O/c1-10-6-7-12(20-9-16-18-19-20)8-13(10)17-14(21)5-3-4-11(2)15/h6-9,11H,3-5,15H2,1-2H3,(H,17,21). The minimum atomic E-state index is -0.00684. The van der Waals surface area contributed by atoms with E-state index >= 15 is 0 Å². The van der Waals surface area contributed by atoms with Gasteiger partial charge in [-0.2, -0.15) is 0 Å². The monoisotopic (exact) mass is 288 g/mol. The van der Waals surface area contributed by atoms with Crippen LogP contribution in [0.3, 0.4) is 0 Å². The number of benzene rings is 1. The maximum absolute atomic E-state index is 11.9. The first-order chi connectivity index (χ1) is 10.1. The zero-order valence-corrected chi connectivity index (χ0v) is 12.3. The molecular formula is C14H20N6O. The Morgan fingerprint density at radius 3 is 2.95 bits per heavy atom. The van der Waals surface area contributed by atoms with E-state index in [9.17, 15) is 4.79 Å². The third-order valence-corrected chi connectivity index (χ3v) is 3.17. The molecule has 21 heavy (non-hydrogen) atoms. The maximum Gasteiger partial charge on any atom is 0.224 e. The fraction of sp³-hybridized carbons (Fsp3) is 0.429. The third-order valence-electron chi connectivity index (χ3n) is 3.17. The Labute approximate surface area is 123 Å². The first kappa shape index (κ1) is 15.1. The van der Waals surface area contributed by atoms with E-state index in [1.165, 1.54) is 6.33 Å². The molecule has 0 bridgehead atoms. The van der Waals surface area contributed by atoms with Crippen LogP contribution in [0.15, 0.2) is 24.5 Å². The SMILES string of the molecule is Cc1ccc(-n2cnnn2)cc1NC(=O)CCCC(C)N. The van der Waals surface area contributed by atoms with E-state index in [-0.39, 0.29) is 11.9 Å². The van der Waals surface area contributed by atoms with Gasteiger partial charge >= 0.3 is 0 Å². The highest BCUT2D eigenvalue weighted by molar-refractivity contribution is 5.91. The molecule has 1 atom stereocenters. The Hall–Kier alpha value is -2.28. The van der Waals surface area contributed by atoms with Crippen molar-refractivity contribution in [1.29, 1.82) is 0 Å². The highest BCUT2D eigenvalue weighted by atomic mass is 16.1. The second kappa shape index (κ2) is 6.94. The van der Waals surface area contributed by atoms with Crippen LogP contribution in [0, 0.1) is 6.92 Å². The molecule has 0 radical (unpaired) electrons. The number of nitrogens with one attached hydrogen (secondary N) is 1. The van der Waals surface area contributed by atoms with Crippen LogP contribution in [0.1, 0.15) is 31.7 Å². The molecule has 1 aromatic carbocycles. The van der Waals surface area contributed by atoms with Gasteiger partial charge in [0, 0.05) is 18.2 Å². The van der Waals surface area contributed by atoms with Crippen molar-refractivity contribution in [2.24, 2.45) is 5.73 Å². The van der Waals surface area contributed by atoms with Gasteiger partial charge in [0.2, 0.25) is 5.91 Å². The molecule has 1 aromatic heterocycles. The molecule has 2 aromatic rings. The third kappa shape index (κ3) is 4.35. The molecule has 0 fully saturated rings. The summed E-state index contributed by atoms with van der Waals surface area (Å²) in [5.74, 6) is -0.00684. The number of carbonyl (C=O) groups excluding carboxylic acids is 1. The maximum atomic E-state index is 11.9. The van der Waals surface area contributed by atoms with Gasteiger partial charge in [-0.05, 0) is 54.8 Å². The number of anilines is 1. The van der Waals surface area contributed by atoms with Crippen molar-refractivity contribution in [3.8, 4) is 5.69 Å². The zero-order chi connectivity index (χ0) is 15.2. The van der Waals surface area contributed by atoms with Crippen molar-refractivity contribution in [3.05, 3.63) is 30.1 Å². The normalized spacial score (nSPS) is 12.1. The number of hydrogen-bond acceptors (Lipinski definition) is 5. The molecule has 7 nitrogen and oxygen atoms in total. The molecule has 112 valence electrons. The molecule has 0 saturated carbocycles. The second-order valence-corrected chi connectivity index (χ2v) is 5.17. The summed E-state index contributed by atoms with van der Waals surface area (Å²) in [6.07, 6.45) is 3.61. The van der Waals surface area contributed by atoms with E-state index in [0.717, 1.165) is 29.8 Å². The lowest BCUT2D eigenvalue weighted by atomic mass is 10.1. The van der Waals surface area contributed by atoms with Crippen LogP contribution in [0.5, 0.6) is 0 Å². The number of hydrogen-bond donors (Lipinski definition) is 2. The molecule has 0 aliphatic carbocycles. The summed E-state index contributed by atoms with van der Waals surface area (Å²) in [5.41, 5.74) is 8.24. The number of carbonyl (C=O) groups is 1. The van der Waals surface area contributed by atoms with Gasteiger partial charge in [0.25, 0.3) is 0 Å². The molecule has 2 rings (SSSR count). The molecule has 0 spiro atoms. The number of nitrogens with zero attached hydrogens (tertiary/aromatic N) is 4. The molecule has 1 heterocycles. The zero-order valence-electron chi connectivity index (χ0n) is 12.3. The van der Waals surface area contributed by atoms with Crippen LogP contribution < -0.4 is 11.1 Å². The molecule has 0 saturated heterocycles. The van der Waals surface area contributed by atoms with Crippen LogP contribution in [-0.2, 0) is 4.79 Å². The van der Waals surface area contributed by atoms with Gasteiger partial charge in [0.15, 0.2) is 0 Å². The van der Waals surface area contributed by atoms with E-state index in [0.29, 0.717) is 6.42 Å². The van der Waals surface area contributed by atoms with Crippen LogP contribution in [-0.4, -0.2) is 32.2 Å². The summed E-state index contributed by atoms with van der Waals surface area (Å²) in [6.45, 7) is 3.89. The van der Waals surface area contributed by atoms with Crippen LogP contribution >= 0.6 is 0 Å². The lowest BCUT2D eigenvalue weighted by Crippen LogP contribution is -2.17. The first-order valence-electron chi connectivity index (χ1n) is 6.95. The molecule has 3 N–H and O–H groups in total. The highest BCUT2D eigenvalue weighted by Crippen LogP contribution is 2.19. The Kier molecular flexibility index (Phi) is 4.99. The molecule has 1 amide bonds. The summed E-state index contributed by atoms with van der Waals surface area (Å²) in [5, 5.41) is 14.0. The van der Waals surface area contributed by atoms with Crippen LogP contribution in [0.2, 0.25) is 0 Å². The van der Waals surface area contributed by atoms with Crippen LogP contribution in [0.4, 0.5) is 5.69 Å². The second-order valence-electron chi connectivity index (χ2n) is 5.17. The summed E-state index contributed by atoms with van der Waals surface area (Å²) < 4.78 is 1.55. The minimum Gasteiger partial charge on any atom is -0.328 e. The Balaban J connectivity index is 2.02. The summed E-state index contributed by atoms with van der Waals surface area (Å²) in [6, 6.07) is 5.81. The van der Waals surface area contributed by atoms with Gasteiger partial charge in [-0.15, -0.1) is 5.10 Å². The number of nitrogens with two attached hydrogens (primary N) is 1. The average molecular weight is 288 g/mol. The first-order valence-corrected chi connectivity index (χ1v) is 6.95. The fourth-order valence-electron chi connectivity index (χ4n) is 1.96. The van der Waals surface area contributed by atoms with Crippen molar-refractivity contribution < 1.29 is 4.79 Å². The van der Waals surface area contributed by atoms with Gasteiger partial charge < -0.3 is 11.1 Å². The lowest BCUT2D eigenvalue weighted by molar-refractivity contribution is -0.116. The van der Waals surface area contributed by atoms with E-state index in [2.05, 4.69) is 20.8 Å². The predicted molar refractivity (Wildman–Crippen MR) is 80.0 cm³/mol. The number of rotatable bonds is 6. The minimum absolute atomic E-state index is 0.00684. The largest absolute Gasteiger partial charge is 0.328 e. The Morgan fingerprint density at radius 2 is 2.29 bits per heavy atom. The molecular weight excluding hydrogens is 268 g/mol. The van der Waals surface area contributed by atoms with E-state index in [1.807, 2.05) is 32.0 Å². The lowest BCUT2D eigenvalue weighted by Gasteiger charge is -2.11. The molecule has 0 aliphatic heterocycles. The van der Waals surface area contributed by atoms with Gasteiger partial charge in [0.1, 0.15) is 6.33 Å². The van der Waals surface area contributed by atoms with E-state index < -0.39 is 0 Å². The summed E-state index contributed by atoms with van der Waals surface area (Å²) >= 11 is 0. The van der Waals surface area contributed by atoms with Crippen molar-refractivity contribution in [2.45, 2.75) is 39.2 Å². The van der Waals surface area contributed by atoms with Gasteiger partial charge in [-0.1, -0.05) is 6.07 Å². The number of amides is 1.